The van der Waals surface area contributed by atoms with Crippen molar-refractivity contribution in [2.75, 3.05) is 0 Å². The Morgan fingerprint density at radius 2 is 1.88 bits per heavy atom. The molecule has 0 aliphatic carbocycles. The van der Waals surface area contributed by atoms with Crippen LogP contribution in [0, 0.1) is 0 Å². The zero-order chi connectivity index (χ0) is 17.7. The van der Waals surface area contributed by atoms with E-state index in [1.807, 2.05) is 26.8 Å². The lowest BCUT2D eigenvalue weighted by Crippen LogP contribution is -2.46. The van der Waals surface area contributed by atoms with Gasteiger partial charge < -0.3 is 5.32 Å². The van der Waals surface area contributed by atoms with Gasteiger partial charge in [-0.15, -0.1) is 0 Å². The van der Waals surface area contributed by atoms with E-state index in [1.54, 1.807) is 24.3 Å². The predicted octanol–water partition coefficient (Wildman–Crippen LogP) is 1.33. The summed E-state index contributed by atoms with van der Waals surface area (Å²) < 4.78 is 2.16. The number of nitrogens with one attached hydrogen (secondary N) is 1. The second-order valence-corrected chi connectivity index (χ2v) is 5.62. The van der Waals surface area contributed by atoms with E-state index in [0.29, 0.717) is 12.1 Å². The zero-order valence-electron chi connectivity index (χ0n) is 14.2. The van der Waals surface area contributed by atoms with Gasteiger partial charge in [-0.25, -0.2) is 4.79 Å². The number of hydrogen-bond donors (Lipinski definition) is 1. The number of rotatable bonds is 6. The summed E-state index contributed by atoms with van der Waals surface area (Å²) in [6.45, 7) is 5.86. The number of carbonyl (C=O) groups excluding carboxylic acids is 1. The predicted molar refractivity (Wildman–Crippen MR) is 91.6 cm³/mol. The lowest BCUT2D eigenvalue weighted by Gasteiger charge is -2.13. The Bertz CT molecular complexity index is 824. The van der Waals surface area contributed by atoms with Crippen molar-refractivity contribution in [1.29, 1.82) is 0 Å². The highest BCUT2D eigenvalue weighted by molar-refractivity contribution is 5.91. The molecule has 1 amide bonds. The molecule has 0 fully saturated rings. The van der Waals surface area contributed by atoms with Gasteiger partial charge in [0.2, 0.25) is 5.69 Å². The molecule has 1 heterocycles. The summed E-state index contributed by atoms with van der Waals surface area (Å²) in [5, 5.41) is 6.76. The summed E-state index contributed by atoms with van der Waals surface area (Å²) in [6.07, 6.45) is 1.33. The summed E-state index contributed by atoms with van der Waals surface area (Å²) in [5.74, 6) is -0.566. The van der Waals surface area contributed by atoms with Crippen LogP contribution in [0.5, 0.6) is 0 Å². The molecule has 1 aromatic heterocycles. The van der Waals surface area contributed by atoms with Gasteiger partial charge in [-0.1, -0.05) is 32.0 Å². The van der Waals surface area contributed by atoms with Gasteiger partial charge in [0, 0.05) is 12.6 Å². The van der Waals surface area contributed by atoms with Gasteiger partial charge in [-0.05, 0) is 31.9 Å². The lowest BCUT2D eigenvalue weighted by molar-refractivity contribution is 0.0929. The van der Waals surface area contributed by atoms with Crippen LogP contribution in [0.15, 0.2) is 39.9 Å². The highest BCUT2D eigenvalue weighted by atomic mass is 16.2. The summed E-state index contributed by atoms with van der Waals surface area (Å²) in [7, 11) is 0. The van der Waals surface area contributed by atoms with Gasteiger partial charge >= 0.3 is 5.69 Å². The molecular weight excluding hydrogens is 308 g/mol. The maximum absolute atomic E-state index is 12.6. The van der Waals surface area contributed by atoms with E-state index in [0.717, 1.165) is 15.7 Å². The number of amides is 1. The van der Waals surface area contributed by atoms with Crippen LogP contribution in [-0.4, -0.2) is 26.3 Å². The van der Waals surface area contributed by atoms with Crippen molar-refractivity contribution >= 4 is 5.91 Å². The molecule has 0 saturated heterocycles. The average Bonchev–Trinajstić information content (AvgIpc) is 2.59. The molecule has 0 bridgehead atoms. The fourth-order valence-electron chi connectivity index (χ4n) is 2.21. The van der Waals surface area contributed by atoms with Crippen LogP contribution in [0.4, 0.5) is 0 Å². The monoisotopic (exact) mass is 330 g/mol. The second-order valence-electron chi connectivity index (χ2n) is 5.62. The first-order valence-electron chi connectivity index (χ1n) is 8.10. The van der Waals surface area contributed by atoms with Crippen LogP contribution < -0.4 is 16.6 Å². The standard InChI is InChI=1S/C17H22N4O3/c1-4-11-20-16(23)14(15(22)18-12(3)5-2)19-21(17(20)24)13-9-7-6-8-10-13/h6-10,12H,4-5,11H2,1-3H3,(H,18,22). The Kier molecular flexibility index (Phi) is 5.68. The molecule has 0 aliphatic heterocycles. The van der Waals surface area contributed by atoms with E-state index in [1.165, 1.54) is 0 Å². The molecule has 1 atom stereocenters. The minimum absolute atomic E-state index is 0.0876. The van der Waals surface area contributed by atoms with Crippen LogP contribution in [0.25, 0.3) is 5.69 Å². The maximum Gasteiger partial charge on any atom is 0.352 e. The largest absolute Gasteiger partial charge is 0.352 e. The topological polar surface area (TPSA) is 86.0 Å². The molecule has 0 radical (unpaired) electrons. The lowest BCUT2D eigenvalue weighted by atomic mass is 10.2. The molecule has 1 aromatic carbocycles. The van der Waals surface area contributed by atoms with Gasteiger partial charge in [-0.3, -0.25) is 14.2 Å². The molecule has 7 nitrogen and oxygen atoms in total. The number of benzene rings is 1. The third kappa shape index (κ3) is 3.61. The van der Waals surface area contributed by atoms with E-state index >= 15 is 0 Å². The van der Waals surface area contributed by atoms with E-state index < -0.39 is 17.2 Å². The Morgan fingerprint density at radius 3 is 2.46 bits per heavy atom. The van der Waals surface area contributed by atoms with Crippen molar-refractivity contribution < 1.29 is 4.79 Å². The number of hydrogen-bond acceptors (Lipinski definition) is 4. The van der Waals surface area contributed by atoms with E-state index in [2.05, 4.69) is 10.4 Å². The first-order valence-corrected chi connectivity index (χ1v) is 8.10. The molecule has 24 heavy (non-hydrogen) atoms. The van der Waals surface area contributed by atoms with Crippen LogP contribution in [0.1, 0.15) is 44.1 Å². The van der Waals surface area contributed by atoms with Gasteiger partial charge in [0.05, 0.1) is 5.69 Å². The Hall–Kier alpha value is -2.70. The number of aromatic nitrogens is 3. The maximum atomic E-state index is 12.6. The fraction of sp³-hybridized carbons (Fsp3) is 0.412. The SMILES string of the molecule is CCCn1c(=O)c(C(=O)NC(C)CC)nn(-c2ccccc2)c1=O. The molecule has 2 aromatic rings. The molecule has 1 N–H and O–H groups in total. The molecule has 1 unspecified atom stereocenters. The molecule has 2 rings (SSSR count). The van der Waals surface area contributed by atoms with E-state index in [4.69, 9.17) is 0 Å². The van der Waals surface area contributed by atoms with Crippen molar-refractivity contribution in [1.82, 2.24) is 19.7 Å². The highest BCUT2D eigenvalue weighted by Crippen LogP contribution is 2.02. The van der Waals surface area contributed by atoms with Crippen LogP contribution in [0.2, 0.25) is 0 Å². The minimum Gasteiger partial charge on any atom is -0.348 e. The zero-order valence-corrected chi connectivity index (χ0v) is 14.2. The van der Waals surface area contributed by atoms with Gasteiger partial charge in [0.15, 0.2) is 0 Å². The van der Waals surface area contributed by atoms with Crippen molar-refractivity contribution in [3.63, 3.8) is 0 Å². The van der Waals surface area contributed by atoms with Crippen molar-refractivity contribution in [3.8, 4) is 5.69 Å². The third-order valence-electron chi connectivity index (χ3n) is 3.71. The number of para-hydroxylation sites is 1. The summed E-state index contributed by atoms with van der Waals surface area (Å²) >= 11 is 0. The first-order chi connectivity index (χ1) is 11.5. The number of nitrogens with zero attached hydrogens (tertiary/aromatic N) is 3. The quantitative estimate of drug-likeness (QED) is 0.866. The van der Waals surface area contributed by atoms with Crippen LogP contribution in [-0.2, 0) is 6.54 Å². The van der Waals surface area contributed by atoms with Gasteiger partial charge in [-0.2, -0.15) is 9.78 Å². The molecule has 0 aliphatic rings. The molecule has 7 heteroatoms. The summed E-state index contributed by atoms with van der Waals surface area (Å²) in [5.41, 5.74) is -0.972. The van der Waals surface area contributed by atoms with Crippen LogP contribution >= 0.6 is 0 Å². The van der Waals surface area contributed by atoms with Crippen molar-refractivity contribution in [2.24, 2.45) is 0 Å². The average molecular weight is 330 g/mol. The summed E-state index contributed by atoms with van der Waals surface area (Å²) in [4.78, 5) is 37.4. The second kappa shape index (κ2) is 7.72. The van der Waals surface area contributed by atoms with Gasteiger partial charge in [0.1, 0.15) is 0 Å². The smallest absolute Gasteiger partial charge is 0.348 e. The van der Waals surface area contributed by atoms with Gasteiger partial charge in [0.25, 0.3) is 11.5 Å². The Morgan fingerprint density at radius 1 is 1.21 bits per heavy atom. The minimum atomic E-state index is -0.658. The molecule has 0 saturated carbocycles. The van der Waals surface area contributed by atoms with E-state index in [9.17, 15) is 14.4 Å². The molecular formula is C17H22N4O3. The molecule has 128 valence electrons. The normalized spacial score (nSPS) is 12.0. The Labute approximate surface area is 139 Å². The first kappa shape index (κ1) is 17.7. The van der Waals surface area contributed by atoms with Crippen LogP contribution in [0.3, 0.4) is 0 Å². The number of carbonyl (C=O) groups is 1. The Balaban J connectivity index is 2.63. The van der Waals surface area contributed by atoms with E-state index in [-0.39, 0.29) is 18.3 Å². The van der Waals surface area contributed by atoms with Crippen molar-refractivity contribution in [3.05, 3.63) is 56.9 Å². The highest BCUT2D eigenvalue weighted by Gasteiger charge is 2.20. The summed E-state index contributed by atoms with van der Waals surface area (Å²) in [6, 6.07) is 8.65. The fourth-order valence-corrected chi connectivity index (χ4v) is 2.21. The van der Waals surface area contributed by atoms with Crippen molar-refractivity contribution in [2.45, 2.75) is 46.2 Å². The third-order valence-corrected chi connectivity index (χ3v) is 3.71. The molecule has 0 spiro atoms.